The molecule has 0 saturated heterocycles. The monoisotopic (exact) mass is 248 g/mol. The van der Waals surface area contributed by atoms with Crippen LogP contribution in [0.1, 0.15) is 48.0 Å². The minimum atomic E-state index is 0.159. The summed E-state index contributed by atoms with van der Waals surface area (Å²) in [6, 6.07) is 5.52. The zero-order valence-corrected chi connectivity index (χ0v) is 10.9. The summed E-state index contributed by atoms with van der Waals surface area (Å²) in [4.78, 5) is 12.4. The first kappa shape index (κ1) is 12.4. The van der Waals surface area contributed by atoms with Gasteiger partial charge in [-0.15, -0.1) is 0 Å². The van der Waals surface area contributed by atoms with E-state index in [1.54, 1.807) is 6.07 Å². The highest BCUT2D eigenvalue weighted by molar-refractivity contribution is 6.31. The SMILES string of the molecule is Cc1ccc(Cl)cc1C(=O)C1=CCCCCC1. The number of hydrogen-bond donors (Lipinski definition) is 0. The quantitative estimate of drug-likeness (QED) is 0.692. The predicted molar refractivity (Wildman–Crippen MR) is 71.7 cm³/mol. The van der Waals surface area contributed by atoms with Crippen LogP contribution in [0, 0.1) is 6.92 Å². The molecule has 1 aromatic rings. The van der Waals surface area contributed by atoms with Gasteiger partial charge in [0.25, 0.3) is 0 Å². The molecule has 1 aromatic carbocycles. The van der Waals surface area contributed by atoms with Gasteiger partial charge >= 0.3 is 0 Å². The average Bonchev–Trinajstić information content (AvgIpc) is 2.60. The molecule has 2 heteroatoms. The van der Waals surface area contributed by atoms with Crippen LogP contribution in [0.2, 0.25) is 5.02 Å². The second-order valence-corrected chi connectivity index (χ2v) is 5.05. The van der Waals surface area contributed by atoms with Crippen LogP contribution in [-0.2, 0) is 0 Å². The standard InChI is InChI=1S/C15H17ClO/c1-11-8-9-13(16)10-14(11)15(17)12-6-4-2-3-5-7-12/h6,8-10H,2-5,7H2,1H3. The van der Waals surface area contributed by atoms with Crippen LogP contribution in [-0.4, -0.2) is 5.78 Å². The molecule has 2 rings (SSSR count). The number of ketones is 1. The smallest absolute Gasteiger partial charge is 0.189 e. The van der Waals surface area contributed by atoms with Gasteiger partial charge in [-0.25, -0.2) is 0 Å². The highest BCUT2D eigenvalue weighted by Crippen LogP contribution is 2.24. The third-order valence-electron chi connectivity index (χ3n) is 3.28. The number of rotatable bonds is 2. The molecule has 0 spiro atoms. The number of carbonyl (C=O) groups excluding carboxylic acids is 1. The molecule has 0 atom stereocenters. The van der Waals surface area contributed by atoms with Crippen LogP contribution in [0.15, 0.2) is 29.8 Å². The Hall–Kier alpha value is -1.08. The van der Waals surface area contributed by atoms with E-state index in [1.807, 2.05) is 19.1 Å². The maximum atomic E-state index is 12.4. The molecule has 90 valence electrons. The van der Waals surface area contributed by atoms with Gasteiger partial charge in [-0.05, 0) is 55.9 Å². The van der Waals surface area contributed by atoms with Gasteiger partial charge in [0.2, 0.25) is 0 Å². The van der Waals surface area contributed by atoms with Crippen molar-refractivity contribution in [2.24, 2.45) is 0 Å². The molecule has 1 nitrogen and oxygen atoms in total. The van der Waals surface area contributed by atoms with Crippen molar-refractivity contribution in [3.8, 4) is 0 Å². The lowest BCUT2D eigenvalue weighted by molar-refractivity contribution is 0.103. The summed E-state index contributed by atoms with van der Waals surface area (Å²) >= 11 is 5.96. The van der Waals surface area contributed by atoms with Gasteiger partial charge in [-0.1, -0.05) is 30.2 Å². The summed E-state index contributed by atoms with van der Waals surface area (Å²) in [6.07, 6.45) is 7.59. The van der Waals surface area contributed by atoms with E-state index in [1.165, 1.54) is 12.8 Å². The fourth-order valence-electron chi connectivity index (χ4n) is 2.23. The Morgan fingerprint density at radius 2 is 2.06 bits per heavy atom. The van der Waals surface area contributed by atoms with E-state index in [-0.39, 0.29) is 5.78 Å². The highest BCUT2D eigenvalue weighted by atomic mass is 35.5. The molecule has 0 aromatic heterocycles. The lowest BCUT2D eigenvalue weighted by atomic mass is 9.96. The average molecular weight is 249 g/mol. The van der Waals surface area contributed by atoms with Crippen molar-refractivity contribution >= 4 is 17.4 Å². The van der Waals surface area contributed by atoms with Crippen LogP contribution in [0.3, 0.4) is 0 Å². The van der Waals surface area contributed by atoms with E-state index < -0.39 is 0 Å². The molecule has 0 heterocycles. The van der Waals surface area contributed by atoms with E-state index in [2.05, 4.69) is 6.08 Å². The highest BCUT2D eigenvalue weighted by Gasteiger charge is 2.15. The summed E-state index contributed by atoms with van der Waals surface area (Å²) in [6.45, 7) is 1.96. The first-order chi connectivity index (χ1) is 8.18. The summed E-state index contributed by atoms with van der Waals surface area (Å²) in [5.74, 6) is 0.159. The van der Waals surface area contributed by atoms with Crippen molar-refractivity contribution < 1.29 is 4.79 Å². The molecule has 0 aliphatic heterocycles. The fraction of sp³-hybridized carbons (Fsp3) is 0.400. The second-order valence-electron chi connectivity index (χ2n) is 4.62. The van der Waals surface area contributed by atoms with E-state index in [0.717, 1.165) is 36.0 Å². The molecule has 0 radical (unpaired) electrons. The van der Waals surface area contributed by atoms with E-state index in [9.17, 15) is 4.79 Å². The van der Waals surface area contributed by atoms with Gasteiger partial charge in [0.15, 0.2) is 5.78 Å². The summed E-state index contributed by atoms with van der Waals surface area (Å²) in [7, 11) is 0. The number of allylic oxidation sites excluding steroid dienone is 2. The number of aryl methyl sites for hydroxylation is 1. The van der Waals surface area contributed by atoms with Crippen molar-refractivity contribution in [2.45, 2.75) is 39.0 Å². The largest absolute Gasteiger partial charge is 0.289 e. The third-order valence-corrected chi connectivity index (χ3v) is 3.51. The Morgan fingerprint density at radius 3 is 2.88 bits per heavy atom. The molecule has 0 bridgehead atoms. The maximum Gasteiger partial charge on any atom is 0.189 e. The third kappa shape index (κ3) is 2.98. The Labute approximate surface area is 107 Å². The molecule has 0 saturated carbocycles. The Bertz CT molecular complexity index is 460. The Balaban J connectivity index is 2.29. The molecular formula is C15H17ClO. The van der Waals surface area contributed by atoms with Gasteiger partial charge in [0.05, 0.1) is 0 Å². The van der Waals surface area contributed by atoms with E-state index in [0.29, 0.717) is 5.02 Å². The molecule has 1 aliphatic carbocycles. The van der Waals surface area contributed by atoms with Crippen LogP contribution in [0.25, 0.3) is 0 Å². The topological polar surface area (TPSA) is 17.1 Å². The van der Waals surface area contributed by atoms with E-state index >= 15 is 0 Å². The number of carbonyl (C=O) groups is 1. The van der Waals surface area contributed by atoms with Crippen LogP contribution in [0.4, 0.5) is 0 Å². The molecule has 0 N–H and O–H groups in total. The van der Waals surface area contributed by atoms with Crippen molar-refractivity contribution in [1.82, 2.24) is 0 Å². The number of halogens is 1. The molecule has 1 aliphatic rings. The molecule has 0 fully saturated rings. The van der Waals surface area contributed by atoms with Crippen molar-refractivity contribution in [3.05, 3.63) is 46.0 Å². The van der Waals surface area contributed by atoms with Gasteiger partial charge < -0.3 is 0 Å². The number of hydrogen-bond acceptors (Lipinski definition) is 1. The number of Topliss-reactive ketones (excluding diaryl/α,β-unsaturated/α-hetero) is 1. The van der Waals surface area contributed by atoms with Crippen molar-refractivity contribution in [2.75, 3.05) is 0 Å². The summed E-state index contributed by atoms with van der Waals surface area (Å²) in [5, 5.41) is 0.633. The Kier molecular flexibility index (Phi) is 4.01. The fourth-order valence-corrected chi connectivity index (χ4v) is 2.41. The van der Waals surface area contributed by atoms with Crippen LogP contribution in [0.5, 0.6) is 0 Å². The van der Waals surface area contributed by atoms with Gasteiger partial charge in [-0.3, -0.25) is 4.79 Å². The van der Waals surface area contributed by atoms with Gasteiger partial charge in [0, 0.05) is 10.6 Å². The molecule has 0 amide bonds. The molecule has 0 unspecified atom stereocenters. The first-order valence-electron chi connectivity index (χ1n) is 6.18. The lowest BCUT2D eigenvalue weighted by Crippen LogP contribution is -2.05. The van der Waals surface area contributed by atoms with Gasteiger partial charge in [0.1, 0.15) is 0 Å². The van der Waals surface area contributed by atoms with E-state index in [4.69, 9.17) is 11.6 Å². The van der Waals surface area contributed by atoms with Crippen LogP contribution >= 0.6 is 11.6 Å². The number of benzene rings is 1. The predicted octanol–water partition coefficient (Wildman–Crippen LogP) is 4.72. The minimum Gasteiger partial charge on any atom is -0.289 e. The summed E-state index contributed by atoms with van der Waals surface area (Å²) in [5.41, 5.74) is 2.73. The Morgan fingerprint density at radius 1 is 1.24 bits per heavy atom. The minimum absolute atomic E-state index is 0.159. The normalized spacial score (nSPS) is 16.2. The van der Waals surface area contributed by atoms with Crippen LogP contribution < -0.4 is 0 Å². The van der Waals surface area contributed by atoms with Crippen molar-refractivity contribution in [1.29, 1.82) is 0 Å². The lowest BCUT2D eigenvalue weighted by Gasteiger charge is -2.08. The second kappa shape index (κ2) is 5.50. The first-order valence-corrected chi connectivity index (χ1v) is 6.56. The molecule has 17 heavy (non-hydrogen) atoms. The molecular weight excluding hydrogens is 232 g/mol. The summed E-state index contributed by atoms with van der Waals surface area (Å²) < 4.78 is 0. The zero-order valence-electron chi connectivity index (χ0n) is 10.1. The van der Waals surface area contributed by atoms with Gasteiger partial charge in [-0.2, -0.15) is 0 Å². The maximum absolute atomic E-state index is 12.4. The zero-order chi connectivity index (χ0) is 12.3. The van der Waals surface area contributed by atoms with Crippen molar-refractivity contribution in [3.63, 3.8) is 0 Å².